The second-order valence-corrected chi connectivity index (χ2v) is 9.84. The monoisotopic (exact) mass is 432 g/mol. The highest BCUT2D eigenvalue weighted by atomic mass is 35.6. The van der Waals surface area contributed by atoms with E-state index in [0.717, 1.165) is 47.1 Å². The molecule has 140 valence electrons. The van der Waals surface area contributed by atoms with E-state index in [-0.39, 0.29) is 0 Å². The lowest BCUT2D eigenvalue weighted by Gasteiger charge is -2.41. The van der Waals surface area contributed by atoms with Crippen molar-refractivity contribution in [2.45, 2.75) is 36.1 Å². The molecule has 2 fully saturated rings. The predicted molar refractivity (Wildman–Crippen MR) is 108 cm³/mol. The largest absolute Gasteiger partial charge is 0.295 e. The molecule has 4 nitrogen and oxygen atoms in total. The SMILES string of the molecule is Cc1ccc(/C=C2\SC(=O)N(C(N3CCCCC3)C(Cl)(Cl)Cl)C2=O)cc1. The molecule has 2 heterocycles. The van der Waals surface area contributed by atoms with Crippen LogP contribution in [0.3, 0.4) is 0 Å². The van der Waals surface area contributed by atoms with Crippen LogP contribution in [0.5, 0.6) is 0 Å². The smallest absolute Gasteiger partial charge is 0.279 e. The van der Waals surface area contributed by atoms with E-state index in [0.29, 0.717) is 18.0 Å². The summed E-state index contributed by atoms with van der Waals surface area (Å²) in [6, 6.07) is 7.71. The Morgan fingerprint density at radius 1 is 1.08 bits per heavy atom. The standard InChI is InChI=1S/C18H19Cl3N2O2S/c1-12-5-7-13(8-6-12)11-14-15(24)23(17(25)26-14)16(18(19,20)21)22-9-3-2-4-10-22/h5-8,11,16H,2-4,9-10H2,1H3/b14-11-. The Kier molecular flexibility index (Phi) is 6.25. The van der Waals surface area contributed by atoms with E-state index in [2.05, 4.69) is 0 Å². The van der Waals surface area contributed by atoms with Gasteiger partial charge in [-0.2, -0.15) is 0 Å². The number of hydrogen-bond acceptors (Lipinski definition) is 4. The number of imide groups is 1. The number of nitrogens with zero attached hydrogens (tertiary/aromatic N) is 2. The maximum atomic E-state index is 12.9. The van der Waals surface area contributed by atoms with E-state index in [9.17, 15) is 9.59 Å². The average Bonchev–Trinajstić information content (AvgIpc) is 2.85. The molecule has 26 heavy (non-hydrogen) atoms. The third-order valence-corrected chi connectivity index (χ3v) is 5.94. The molecule has 3 rings (SSSR count). The van der Waals surface area contributed by atoms with Gasteiger partial charge in [-0.1, -0.05) is 71.1 Å². The second kappa shape index (κ2) is 8.11. The van der Waals surface area contributed by atoms with Crippen LogP contribution in [-0.2, 0) is 4.79 Å². The van der Waals surface area contributed by atoms with Crippen LogP contribution < -0.4 is 0 Å². The molecular formula is C18H19Cl3N2O2S. The second-order valence-electron chi connectivity index (χ2n) is 6.47. The lowest BCUT2D eigenvalue weighted by atomic mass is 10.1. The number of halogens is 3. The van der Waals surface area contributed by atoms with Gasteiger partial charge in [0.1, 0.15) is 6.17 Å². The molecule has 0 radical (unpaired) electrons. The molecule has 2 saturated heterocycles. The number of amides is 2. The van der Waals surface area contributed by atoms with Gasteiger partial charge in [-0.15, -0.1) is 0 Å². The summed E-state index contributed by atoms with van der Waals surface area (Å²) in [6.07, 6.45) is 3.80. The summed E-state index contributed by atoms with van der Waals surface area (Å²) in [6.45, 7) is 3.37. The number of rotatable bonds is 3. The summed E-state index contributed by atoms with van der Waals surface area (Å²) in [7, 11) is 0. The van der Waals surface area contributed by atoms with Crippen LogP contribution in [0.25, 0.3) is 6.08 Å². The number of carbonyl (C=O) groups is 2. The molecule has 1 aromatic carbocycles. The first-order valence-corrected chi connectivity index (χ1v) is 10.4. The number of likely N-dealkylation sites (tertiary alicyclic amines) is 1. The van der Waals surface area contributed by atoms with Crippen molar-refractivity contribution in [2.24, 2.45) is 0 Å². The zero-order valence-corrected chi connectivity index (χ0v) is 17.3. The van der Waals surface area contributed by atoms with E-state index < -0.39 is 21.1 Å². The molecular weight excluding hydrogens is 415 g/mol. The van der Waals surface area contributed by atoms with E-state index in [1.807, 2.05) is 36.1 Å². The highest BCUT2D eigenvalue weighted by Gasteiger charge is 2.50. The summed E-state index contributed by atoms with van der Waals surface area (Å²) in [4.78, 5) is 28.9. The maximum absolute atomic E-state index is 12.9. The average molecular weight is 434 g/mol. The quantitative estimate of drug-likeness (QED) is 0.484. The number of hydrogen-bond donors (Lipinski definition) is 0. The number of thioether (sulfide) groups is 1. The number of piperidine rings is 1. The Morgan fingerprint density at radius 3 is 2.27 bits per heavy atom. The van der Waals surface area contributed by atoms with Gasteiger partial charge in [-0.3, -0.25) is 14.5 Å². The van der Waals surface area contributed by atoms with Crippen molar-refractivity contribution in [3.05, 3.63) is 40.3 Å². The van der Waals surface area contributed by atoms with Gasteiger partial charge < -0.3 is 0 Å². The van der Waals surface area contributed by atoms with Crippen molar-refractivity contribution in [3.63, 3.8) is 0 Å². The predicted octanol–water partition coefficient (Wildman–Crippen LogP) is 5.21. The summed E-state index contributed by atoms with van der Waals surface area (Å²) in [5.74, 6) is -0.414. The van der Waals surface area contributed by atoms with Crippen molar-refractivity contribution in [1.29, 1.82) is 0 Å². The number of aryl methyl sites for hydroxylation is 1. The van der Waals surface area contributed by atoms with Crippen LogP contribution in [0.15, 0.2) is 29.2 Å². The summed E-state index contributed by atoms with van der Waals surface area (Å²) in [5, 5.41) is -0.407. The fraction of sp³-hybridized carbons (Fsp3) is 0.444. The van der Waals surface area contributed by atoms with Crippen LogP contribution in [-0.4, -0.2) is 44.0 Å². The fourth-order valence-corrected chi connectivity index (χ4v) is 4.74. The van der Waals surface area contributed by atoms with Crippen molar-refractivity contribution < 1.29 is 9.59 Å². The summed E-state index contributed by atoms with van der Waals surface area (Å²) >= 11 is 19.4. The zero-order chi connectivity index (χ0) is 18.9. The molecule has 0 N–H and O–H groups in total. The first-order chi connectivity index (χ1) is 12.3. The minimum Gasteiger partial charge on any atom is -0.279 e. The van der Waals surface area contributed by atoms with Gasteiger partial charge in [-0.05, 0) is 43.2 Å². The molecule has 0 bridgehead atoms. The van der Waals surface area contributed by atoms with E-state index in [1.165, 1.54) is 0 Å². The Hall–Kier alpha value is -0.720. The van der Waals surface area contributed by atoms with Gasteiger partial charge in [0, 0.05) is 13.1 Å². The Balaban J connectivity index is 1.89. The fourth-order valence-electron chi connectivity index (χ4n) is 3.18. The van der Waals surface area contributed by atoms with Gasteiger partial charge in [-0.25, -0.2) is 4.90 Å². The molecule has 1 aromatic rings. The topological polar surface area (TPSA) is 40.6 Å². The lowest BCUT2D eigenvalue weighted by molar-refractivity contribution is -0.127. The number of alkyl halides is 3. The highest BCUT2D eigenvalue weighted by molar-refractivity contribution is 8.18. The van der Waals surface area contributed by atoms with Crippen LogP contribution in [0.1, 0.15) is 30.4 Å². The van der Waals surface area contributed by atoms with Crippen LogP contribution in [0, 0.1) is 6.92 Å². The normalized spacial score (nSPS) is 22.3. The van der Waals surface area contributed by atoms with E-state index in [1.54, 1.807) is 6.08 Å². The van der Waals surface area contributed by atoms with Gasteiger partial charge in [0.25, 0.3) is 11.1 Å². The molecule has 0 saturated carbocycles. The highest BCUT2D eigenvalue weighted by Crippen LogP contribution is 2.42. The van der Waals surface area contributed by atoms with Crippen molar-refractivity contribution in [2.75, 3.05) is 13.1 Å². The van der Waals surface area contributed by atoms with Crippen molar-refractivity contribution in [1.82, 2.24) is 9.80 Å². The van der Waals surface area contributed by atoms with Gasteiger partial charge in [0.2, 0.25) is 3.79 Å². The zero-order valence-electron chi connectivity index (χ0n) is 14.3. The van der Waals surface area contributed by atoms with Crippen LogP contribution >= 0.6 is 46.6 Å². The van der Waals surface area contributed by atoms with Crippen LogP contribution in [0.2, 0.25) is 0 Å². The van der Waals surface area contributed by atoms with E-state index in [4.69, 9.17) is 34.8 Å². The van der Waals surface area contributed by atoms with Gasteiger partial charge in [0.05, 0.1) is 4.91 Å². The van der Waals surface area contributed by atoms with Crippen LogP contribution in [0.4, 0.5) is 4.79 Å². The molecule has 0 spiro atoms. The van der Waals surface area contributed by atoms with Crippen molar-refractivity contribution in [3.8, 4) is 0 Å². The van der Waals surface area contributed by atoms with E-state index >= 15 is 0 Å². The Morgan fingerprint density at radius 2 is 1.69 bits per heavy atom. The van der Waals surface area contributed by atoms with Gasteiger partial charge >= 0.3 is 0 Å². The molecule has 0 aliphatic carbocycles. The molecule has 1 atom stereocenters. The Bertz CT molecular complexity index is 725. The number of benzene rings is 1. The van der Waals surface area contributed by atoms with Gasteiger partial charge in [0.15, 0.2) is 0 Å². The lowest BCUT2D eigenvalue weighted by Crippen LogP contribution is -2.58. The molecule has 8 heteroatoms. The maximum Gasteiger partial charge on any atom is 0.295 e. The third kappa shape index (κ3) is 4.39. The summed E-state index contributed by atoms with van der Waals surface area (Å²) < 4.78 is -1.78. The molecule has 2 amide bonds. The first kappa shape index (κ1) is 20.0. The molecule has 2 aliphatic heterocycles. The number of carbonyl (C=O) groups excluding carboxylic acids is 2. The molecule has 1 unspecified atom stereocenters. The summed E-state index contributed by atoms with van der Waals surface area (Å²) in [5.41, 5.74) is 1.97. The Labute approximate surface area is 172 Å². The minimum atomic E-state index is -1.78. The first-order valence-electron chi connectivity index (χ1n) is 8.42. The minimum absolute atomic E-state index is 0.343. The van der Waals surface area contributed by atoms with Crippen molar-refractivity contribution >= 4 is 63.8 Å². The third-order valence-electron chi connectivity index (χ3n) is 4.47. The molecule has 2 aliphatic rings. The molecule has 0 aromatic heterocycles.